The number of rotatable bonds is 4. The lowest BCUT2D eigenvalue weighted by Crippen LogP contribution is -2.35. The Balaban J connectivity index is 2.19. The first-order valence-electron chi connectivity index (χ1n) is 6.55. The van der Waals surface area contributed by atoms with Gasteiger partial charge >= 0.3 is 0 Å². The van der Waals surface area contributed by atoms with Gasteiger partial charge in [0.15, 0.2) is 0 Å². The summed E-state index contributed by atoms with van der Waals surface area (Å²) in [6, 6.07) is 8.14. The quantitative estimate of drug-likeness (QED) is 0.918. The number of benzene rings is 1. The third-order valence-corrected chi connectivity index (χ3v) is 2.69. The molecule has 2 aromatic rings. The molecule has 1 N–H and O–H groups in total. The fourth-order valence-electron chi connectivity index (χ4n) is 1.68. The SMILES string of the molecule is CC(C)(C)NCc1cc(F)ccc1Oc1cccnc1. The first-order valence-corrected chi connectivity index (χ1v) is 6.55. The number of nitrogens with one attached hydrogen (secondary N) is 1. The molecule has 106 valence electrons. The van der Waals surface area contributed by atoms with E-state index in [1.54, 1.807) is 24.5 Å². The molecule has 4 heteroatoms. The zero-order chi connectivity index (χ0) is 14.6. The lowest BCUT2D eigenvalue weighted by Gasteiger charge is -2.21. The highest BCUT2D eigenvalue weighted by Crippen LogP contribution is 2.25. The van der Waals surface area contributed by atoms with E-state index in [-0.39, 0.29) is 11.4 Å². The fourth-order valence-corrected chi connectivity index (χ4v) is 1.68. The summed E-state index contributed by atoms with van der Waals surface area (Å²) < 4.78 is 19.2. The first-order chi connectivity index (χ1) is 9.44. The molecule has 1 aromatic carbocycles. The lowest BCUT2D eigenvalue weighted by atomic mass is 10.1. The molecular formula is C16H19FN2O. The van der Waals surface area contributed by atoms with Gasteiger partial charge in [-0.25, -0.2) is 4.39 Å². The molecule has 1 aromatic heterocycles. The topological polar surface area (TPSA) is 34.1 Å². The van der Waals surface area contributed by atoms with Crippen LogP contribution in [-0.2, 0) is 6.54 Å². The van der Waals surface area contributed by atoms with Crippen molar-refractivity contribution in [1.82, 2.24) is 10.3 Å². The van der Waals surface area contributed by atoms with E-state index in [0.717, 1.165) is 5.56 Å². The van der Waals surface area contributed by atoms with Gasteiger partial charge in [0.05, 0.1) is 6.20 Å². The van der Waals surface area contributed by atoms with Gasteiger partial charge in [0, 0.05) is 23.8 Å². The van der Waals surface area contributed by atoms with Crippen molar-refractivity contribution in [3.63, 3.8) is 0 Å². The molecule has 0 amide bonds. The Bertz CT molecular complexity index is 564. The van der Waals surface area contributed by atoms with Gasteiger partial charge in [0.1, 0.15) is 17.3 Å². The van der Waals surface area contributed by atoms with Crippen molar-refractivity contribution in [2.45, 2.75) is 32.9 Å². The van der Waals surface area contributed by atoms with Crippen LogP contribution in [0.25, 0.3) is 0 Å². The van der Waals surface area contributed by atoms with Crippen molar-refractivity contribution in [2.24, 2.45) is 0 Å². The minimum atomic E-state index is -0.269. The summed E-state index contributed by atoms with van der Waals surface area (Å²) in [7, 11) is 0. The van der Waals surface area contributed by atoms with Gasteiger partial charge in [-0.15, -0.1) is 0 Å². The van der Waals surface area contributed by atoms with Crippen LogP contribution in [0.5, 0.6) is 11.5 Å². The van der Waals surface area contributed by atoms with E-state index in [1.165, 1.54) is 12.1 Å². The normalized spacial score (nSPS) is 11.4. The second-order valence-corrected chi connectivity index (χ2v) is 5.65. The summed E-state index contributed by atoms with van der Waals surface area (Å²) in [5, 5.41) is 3.33. The Morgan fingerprint density at radius 3 is 2.70 bits per heavy atom. The van der Waals surface area contributed by atoms with Crippen molar-refractivity contribution < 1.29 is 9.13 Å². The van der Waals surface area contributed by atoms with E-state index in [4.69, 9.17) is 4.74 Å². The Morgan fingerprint density at radius 2 is 2.05 bits per heavy atom. The molecule has 0 aliphatic heterocycles. The molecule has 3 nitrogen and oxygen atoms in total. The van der Waals surface area contributed by atoms with Gasteiger partial charge in [-0.2, -0.15) is 0 Å². The highest BCUT2D eigenvalue weighted by Gasteiger charge is 2.12. The van der Waals surface area contributed by atoms with Crippen molar-refractivity contribution >= 4 is 0 Å². The minimum Gasteiger partial charge on any atom is -0.455 e. The third-order valence-electron chi connectivity index (χ3n) is 2.69. The summed E-state index contributed by atoms with van der Waals surface area (Å²) in [6.45, 7) is 6.73. The molecule has 0 bridgehead atoms. The molecule has 20 heavy (non-hydrogen) atoms. The zero-order valence-electron chi connectivity index (χ0n) is 12.0. The van der Waals surface area contributed by atoms with Gasteiger partial charge in [-0.05, 0) is 51.1 Å². The summed E-state index contributed by atoms with van der Waals surface area (Å²) in [4.78, 5) is 4.00. The molecule has 0 aliphatic rings. The smallest absolute Gasteiger partial charge is 0.145 e. The van der Waals surface area contributed by atoms with Gasteiger partial charge in [-0.1, -0.05) is 0 Å². The molecule has 0 saturated carbocycles. The molecule has 0 spiro atoms. The molecule has 0 saturated heterocycles. The van der Waals surface area contributed by atoms with Crippen LogP contribution in [0, 0.1) is 5.82 Å². The van der Waals surface area contributed by atoms with Crippen molar-refractivity contribution in [3.8, 4) is 11.5 Å². The Hall–Kier alpha value is -1.94. The number of pyridine rings is 1. The van der Waals surface area contributed by atoms with Gasteiger partial charge in [0.25, 0.3) is 0 Å². The van der Waals surface area contributed by atoms with Crippen LogP contribution in [0.3, 0.4) is 0 Å². The maximum Gasteiger partial charge on any atom is 0.145 e. The predicted molar refractivity (Wildman–Crippen MR) is 77.3 cm³/mol. The Kier molecular flexibility index (Phi) is 4.35. The predicted octanol–water partition coefficient (Wildman–Crippen LogP) is 3.90. The molecular weight excluding hydrogens is 255 g/mol. The average Bonchev–Trinajstić information content (AvgIpc) is 2.39. The summed E-state index contributed by atoms with van der Waals surface area (Å²) in [5.41, 5.74) is 0.738. The van der Waals surface area contributed by atoms with Gasteiger partial charge in [-0.3, -0.25) is 4.98 Å². The second kappa shape index (κ2) is 6.01. The molecule has 0 atom stereocenters. The average molecular weight is 274 g/mol. The molecule has 1 heterocycles. The highest BCUT2D eigenvalue weighted by molar-refractivity contribution is 5.37. The van der Waals surface area contributed by atoms with Crippen molar-refractivity contribution in [1.29, 1.82) is 0 Å². The molecule has 0 aliphatic carbocycles. The maximum absolute atomic E-state index is 13.4. The molecule has 0 fully saturated rings. The van der Waals surface area contributed by atoms with E-state index in [0.29, 0.717) is 18.0 Å². The third kappa shape index (κ3) is 4.31. The van der Waals surface area contributed by atoms with Crippen LogP contribution in [0.4, 0.5) is 4.39 Å². The largest absolute Gasteiger partial charge is 0.455 e. The van der Waals surface area contributed by atoms with Gasteiger partial charge in [0.2, 0.25) is 0 Å². The minimum absolute atomic E-state index is 0.0438. The number of nitrogens with zero attached hydrogens (tertiary/aromatic N) is 1. The van der Waals surface area contributed by atoms with Crippen LogP contribution in [0.1, 0.15) is 26.3 Å². The van der Waals surface area contributed by atoms with Crippen LogP contribution < -0.4 is 10.1 Å². The first kappa shape index (κ1) is 14.5. The van der Waals surface area contributed by atoms with Crippen molar-refractivity contribution in [3.05, 3.63) is 54.1 Å². The standard InChI is InChI=1S/C16H19FN2O/c1-16(2,3)19-10-12-9-13(17)6-7-15(12)20-14-5-4-8-18-11-14/h4-9,11,19H,10H2,1-3H3. The van der Waals surface area contributed by atoms with Crippen LogP contribution in [-0.4, -0.2) is 10.5 Å². The van der Waals surface area contributed by atoms with E-state index in [1.807, 2.05) is 6.07 Å². The second-order valence-electron chi connectivity index (χ2n) is 5.65. The van der Waals surface area contributed by atoms with E-state index in [9.17, 15) is 4.39 Å². The maximum atomic E-state index is 13.4. The summed E-state index contributed by atoms with van der Waals surface area (Å²) in [5.74, 6) is 1.00. The van der Waals surface area contributed by atoms with E-state index in [2.05, 4.69) is 31.1 Å². The zero-order valence-corrected chi connectivity index (χ0v) is 12.0. The number of aromatic nitrogens is 1. The molecule has 0 radical (unpaired) electrons. The van der Waals surface area contributed by atoms with Crippen LogP contribution in [0.15, 0.2) is 42.7 Å². The fraction of sp³-hybridized carbons (Fsp3) is 0.312. The monoisotopic (exact) mass is 274 g/mol. The number of hydrogen-bond donors (Lipinski definition) is 1. The summed E-state index contributed by atoms with van der Waals surface area (Å²) >= 11 is 0. The number of hydrogen-bond acceptors (Lipinski definition) is 3. The molecule has 0 unspecified atom stereocenters. The Morgan fingerprint density at radius 1 is 1.25 bits per heavy atom. The van der Waals surface area contributed by atoms with E-state index >= 15 is 0 Å². The van der Waals surface area contributed by atoms with Crippen molar-refractivity contribution in [2.75, 3.05) is 0 Å². The van der Waals surface area contributed by atoms with Crippen LogP contribution >= 0.6 is 0 Å². The highest BCUT2D eigenvalue weighted by atomic mass is 19.1. The Labute approximate surface area is 118 Å². The van der Waals surface area contributed by atoms with Gasteiger partial charge < -0.3 is 10.1 Å². The lowest BCUT2D eigenvalue weighted by molar-refractivity contribution is 0.412. The molecule has 2 rings (SSSR count). The van der Waals surface area contributed by atoms with E-state index < -0.39 is 0 Å². The summed E-state index contributed by atoms with van der Waals surface area (Å²) in [6.07, 6.45) is 3.31. The number of ether oxygens (including phenoxy) is 1. The number of halogens is 1. The van der Waals surface area contributed by atoms with Crippen LogP contribution in [0.2, 0.25) is 0 Å².